The van der Waals surface area contributed by atoms with Crippen molar-refractivity contribution in [1.82, 2.24) is 19.8 Å². The molecule has 0 radical (unpaired) electrons. The highest BCUT2D eigenvalue weighted by atomic mass is 16.2. The number of hydrogen-bond donors (Lipinski definition) is 0. The Hall–Kier alpha value is -3.54. The molecule has 2 heterocycles. The molecule has 0 unspecified atom stereocenters. The predicted molar refractivity (Wildman–Crippen MR) is 118 cm³/mol. The molecular formula is C25H26N4O2. The highest BCUT2D eigenvalue weighted by molar-refractivity contribution is 5.92. The van der Waals surface area contributed by atoms with Gasteiger partial charge in [-0.1, -0.05) is 54.6 Å². The molecule has 0 spiro atoms. The van der Waals surface area contributed by atoms with E-state index in [0.717, 1.165) is 17.7 Å². The summed E-state index contributed by atoms with van der Waals surface area (Å²) in [5, 5.41) is 0. The van der Waals surface area contributed by atoms with Crippen molar-refractivity contribution in [3.63, 3.8) is 0 Å². The van der Waals surface area contributed by atoms with Gasteiger partial charge in [-0.3, -0.25) is 14.6 Å². The lowest BCUT2D eigenvalue weighted by Crippen LogP contribution is -2.39. The molecule has 1 aliphatic heterocycles. The van der Waals surface area contributed by atoms with E-state index in [1.807, 2.05) is 54.3 Å². The lowest BCUT2D eigenvalue weighted by Gasteiger charge is -2.30. The minimum atomic E-state index is -0.215. The molecule has 158 valence electrons. The number of benzene rings is 2. The number of hydrogen-bond acceptors (Lipinski definition) is 4. The number of fused-ring (bicyclic) bond motifs is 1. The molecule has 6 nitrogen and oxygen atoms in total. The Bertz CT molecular complexity index is 1050. The number of nitrogens with zero attached hydrogens (tertiary/aromatic N) is 4. The van der Waals surface area contributed by atoms with Crippen molar-refractivity contribution in [1.29, 1.82) is 0 Å². The van der Waals surface area contributed by atoms with Crippen LogP contribution in [0.2, 0.25) is 0 Å². The standard InChI is InChI=1S/C25H26N4O2/c1-19-15-27-23(16-26-19)25(31)29(17-20-7-3-2-4-8-20)14-12-24(30)28-13-11-21-9-5-6-10-22(21)18-28/h2-10,15-16H,11-14,17-18H2,1H3. The van der Waals surface area contributed by atoms with E-state index in [1.54, 1.807) is 11.1 Å². The number of aromatic nitrogens is 2. The van der Waals surface area contributed by atoms with Crippen LogP contribution in [0.5, 0.6) is 0 Å². The lowest BCUT2D eigenvalue weighted by molar-refractivity contribution is -0.132. The Morgan fingerprint density at radius 1 is 0.968 bits per heavy atom. The topological polar surface area (TPSA) is 66.4 Å². The molecule has 0 saturated carbocycles. The first-order valence-corrected chi connectivity index (χ1v) is 10.6. The summed E-state index contributed by atoms with van der Waals surface area (Å²) in [6.07, 6.45) is 4.23. The summed E-state index contributed by atoms with van der Waals surface area (Å²) in [6.45, 7) is 3.93. The minimum Gasteiger partial charge on any atom is -0.338 e. The lowest BCUT2D eigenvalue weighted by atomic mass is 10.00. The third kappa shape index (κ3) is 5.15. The van der Waals surface area contributed by atoms with E-state index in [4.69, 9.17) is 0 Å². The highest BCUT2D eigenvalue weighted by Crippen LogP contribution is 2.19. The second kappa shape index (κ2) is 9.51. The van der Waals surface area contributed by atoms with Crippen LogP contribution in [0.4, 0.5) is 0 Å². The Labute approximate surface area is 182 Å². The van der Waals surface area contributed by atoms with Crippen molar-refractivity contribution in [3.05, 3.63) is 95.1 Å². The molecule has 0 bridgehead atoms. The molecule has 2 aromatic carbocycles. The van der Waals surface area contributed by atoms with Crippen molar-refractivity contribution in [2.45, 2.75) is 32.9 Å². The van der Waals surface area contributed by atoms with Crippen LogP contribution in [0.15, 0.2) is 67.0 Å². The van der Waals surface area contributed by atoms with Gasteiger partial charge in [0.25, 0.3) is 5.91 Å². The van der Waals surface area contributed by atoms with Gasteiger partial charge in [-0.25, -0.2) is 4.98 Å². The van der Waals surface area contributed by atoms with Gasteiger partial charge in [-0.05, 0) is 30.0 Å². The monoisotopic (exact) mass is 414 g/mol. The van der Waals surface area contributed by atoms with E-state index >= 15 is 0 Å². The molecule has 0 N–H and O–H groups in total. The SMILES string of the molecule is Cc1cnc(C(=O)N(CCC(=O)N2CCc3ccccc3C2)Cc2ccccc2)cn1. The second-order valence-corrected chi connectivity index (χ2v) is 7.84. The van der Waals surface area contributed by atoms with Crippen LogP contribution in [0.25, 0.3) is 0 Å². The molecule has 1 aliphatic rings. The molecule has 0 fully saturated rings. The van der Waals surface area contributed by atoms with Crippen LogP contribution in [0.3, 0.4) is 0 Å². The molecule has 0 saturated heterocycles. The van der Waals surface area contributed by atoms with Crippen LogP contribution in [0, 0.1) is 6.92 Å². The van der Waals surface area contributed by atoms with Gasteiger partial charge in [0, 0.05) is 38.8 Å². The van der Waals surface area contributed by atoms with Gasteiger partial charge in [0.2, 0.25) is 5.91 Å². The van der Waals surface area contributed by atoms with E-state index in [9.17, 15) is 9.59 Å². The number of aryl methyl sites for hydroxylation is 1. The van der Waals surface area contributed by atoms with E-state index in [-0.39, 0.29) is 18.2 Å². The van der Waals surface area contributed by atoms with Gasteiger partial charge < -0.3 is 9.80 Å². The molecule has 31 heavy (non-hydrogen) atoms. The molecular weight excluding hydrogens is 388 g/mol. The molecule has 0 aliphatic carbocycles. The zero-order valence-electron chi connectivity index (χ0n) is 17.7. The third-order valence-electron chi connectivity index (χ3n) is 5.58. The number of amides is 2. The Morgan fingerprint density at radius 3 is 2.45 bits per heavy atom. The predicted octanol–water partition coefficient (Wildman–Crippen LogP) is 3.40. The van der Waals surface area contributed by atoms with Crippen molar-refractivity contribution in [3.8, 4) is 0 Å². The number of carbonyl (C=O) groups is 2. The normalized spacial score (nSPS) is 12.9. The molecule has 3 aromatic rings. The Morgan fingerprint density at radius 2 is 1.71 bits per heavy atom. The van der Waals surface area contributed by atoms with E-state index < -0.39 is 0 Å². The van der Waals surface area contributed by atoms with Gasteiger partial charge in [-0.2, -0.15) is 0 Å². The van der Waals surface area contributed by atoms with Gasteiger partial charge in [0.15, 0.2) is 0 Å². The van der Waals surface area contributed by atoms with Crippen LogP contribution in [-0.4, -0.2) is 44.7 Å². The largest absolute Gasteiger partial charge is 0.338 e. The first kappa shape index (κ1) is 20.7. The average molecular weight is 415 g/mol. The summed E-state index contributed by atoms with van der Waals surface area (Å²) in [5.74, 6) is -0.150. The van der Waals surface area contributed by atoms with Gasteiger partial charge >= 0.3 is 0 Å². The minimum absolute atomic E-state index is 0.0651. The number of carbonyl (C=O) groups excluding carboxylic acids is 2. The first-order valence-electron chi connectivity index (χ1n) is 10.6. The van der Waals surface area contributed by atoms with Crippen molar-refractivity contribution in [2.24, 2.45) is 0 Å². The first-order chi connectivity index (χ1) is 15.1. The maximum atomic E-state index is 13.1. The molecule has 6 heteroatoms. The van der Waals surface area contributed by atoms with Gasteiger partial charge in [-0.15, -0.1) is 0 Å². The molecule has 1 aromatic heterocycles. The maximum Gasteiger partial charge on any atom is 0.274 e. The van der Waals surface area contributed by atoms with Crippen molar-refractivity contribution < 1.29 is 9.59 Å². The van der Waals surface area contributed by atoms with E-state index in [2.05, 4.69) is 22.1 Å². The quantitative estimate of drug-likeness (QED) is 0.620. The Balaban J connectivity index is 1.45. The summed E-state index contributed by atoms with van der Waals surface area (Å²) >= 11 is 0. The third-order valence-corrected chi connectivity index (χ3v) is 5.58. The number of rotatable bonds is 6. The Kier molecular flexibility index (Phi) is 6.36. The summed E-state index contributed by atoms with van der Waals surface area (Å²) < 4.78 is 0. The summed E-state index contributed by atoms with van der Waals surface area (Å²) in [6, 6.07) is 18.0. The molecule has 2 amide bonds. The van der Waals surface area contributed by atoms with Crippen LogP contribution in [-0.2, 0) is 24.3 Å². The van der Waals surface area contributed by atoms with Crippen LogP contribution >= 0.6 is 0 Å². The van der Waals surface area contributed by atoms with Gasteiger partial charge in [0.1, 0.15) is 5.69 Å². The van der Waals surface area contributed by atoms with E-state index in [1.165, 1.54) is 17.3 Å². The summed E-state index contributed by atoms with van der Waals surface area (Å²) in [4.78, 5) is 38.0. The summed E-state index contributed by atoms with van der Waals surface area (Å²) in [5.41, 5.74) is 4.57. The average Bonchev–Trinajstić information content (AvgIpc) is 2.82. The molecule has 0 atom stereocenters. The highest BCUT2D eigenvalue weighted by Gasteiger charge is 2.23. The zero-order chi connectivity index (χ0) is 21.6. The smallest absolute Gasteiger partial charge is 0.274 e. The fraction of sp³-hybridized carbons (Fsp3) is 0.280. The van der Waals surface area contributed by atoms with Gasteiger partial charge in [0.05, 0.1) is 11.9 Å². The fourth-order valence-corrected chi connectivity index (χ4v) is 3.82. The summed E-state index contributed by atoms with van der Waals surface area (Å²) in [7, 11) is 0. The van der Waals surface area contributed by atoms with Crippen molar-refractivity contribution >= 4 is 11.8 Å². The van der Waals surface area contributed by atoms with E-state index in [0.29, 0.717) is 31.9 Å². The van der Waals surface area contributed by atoms with Crippen molar-refractivity contribution in [2.75, 3.05) is 13.1 Å². The zero-order valence-corrected chi connectivity index (χ0v) is 17.7. The molecule has 4 rings (SSSR count). The second-order valence-electron chi connectivity index (χ2n) is 7.84. The maximum absolute atomic E-state index is 13.1. The fourth-order valence-electron chi connectivity index (χ4n) is 3.82. The van der Waals surface area contributed by atoms with Crippen LogP contribution < -0.4 is 0 Å². The van der Waals surface area contributed by atoms with Crippen LogP contribution in [0.1, 0.15) is 39.3 Å².